The lowest BCUT2D eigenvalue weighted by Gasteiger charge is -2.27. The third-order valence-electron chi connectivity index (χ3n) is 4.62. The van der Waals surface area contributed by atoms with Crippen molar-refractivity contribution < 1.29 is 0 Å². The molecule has 1 N–H and O–H groups in total. The molecular weight excluding hydrogens is 282 g/mol. The van der Waals surface area contributed by atoms with Gasteiger partial charge in [-0.05, 0) is 65.1 Å². The molecule has 1 aliphatic heterocycles. The molecule has 3 nitrogen and oxygen atoms in total. The van der Waals surface area contributed by atoms with Gasteiger partial charge >= 0.3 is 0 Å². The highest BCUT2D eigenvalue weighted by molar-refractivity contribution is 6.31. The first-order valence-corrected chi connectivity index (χ1v) is 8.30. The highest BCUT2D eigenvalue weighted by atomic mass is 35.5. The van der Waals surface area contributed by atoms with Crippen molar-refractivity contribution in [2.24, 2.45) is 0 Å². The number of benzene rings is 1. The summed E-state index contributed by atoms with van der Waals surface area (Å²) in [5.41, 5.74) is 1.20. The van der Waals surface area contributed by atoms with E-state index in [9.17, 15) is 0 Å². The SMILES string of the molecule is CNC(CCN(C)CC1CCCN1C)c1ccccc1Cl. The normalized spacial score (nSPS) is 21.1. The van der Waals surface area contributed by atoms with Crippen LogP contribution in [-0.4, -0.2) is 56.6 Å². The van der Waals surface area contributed by atoms with Gasteiger partial charge in [-0.1, -0.05) is 29.8 Å². The Hall–Kier alpha value is -0.610. The van der Waals surface area contributed by atoms with Crippen LogP contribution in [0.2, 0.25) is 5.02 Å². The third-order valence-corrected chi connectivity index (χ3v) is 4.97. The van der Waals surface area contributed by atoms with Gasteiger partial charge in [0.25, 0.3) is 0 Å². The standard InChI is InChI=1S/C17H28ClN3/c1-19-17(15-8-4-5-9-16(15)18)10-12-20(2)13-14-7-6-11-21(14)3/h4-5,8-9,14,17,19H,6-7,10-13H2,1-3H3. The second kappa shape index (κ2) is 8.14. The molecule has 0 amide bonds. The summed E-state index contributed by atoms with van der Waals surface area (Å²) in [6, 6.07) is 9.18. The summed E-state index contributed by atoms with van der Waals surface area (Å²) < 4.78 is 0. The molecule has 0 spiro atoms. The Balaban J connectivity index is 1.84. The number of nitrogens with zero attached hydrogens (tertiary/aromatic N) is 2. The van der Waals surface area contributed by atoms with Crippen LogP contribution >= 0.6 is 11.6 Å². The van der Waals surface area contributed by atoms with E-state index < -0.39 is 0 Å². The van der Waals surface area contributed by atoms with Crippen LogP contribution in [0.4, 0.5) is 0 Å². The number of rotatable bonds is 7. The van der Waals surface area contributed by atoms with Crippen molar-refractivity contribution in [1.29, 1.82) is 0 Å². The molecule has 21 heavy (non-hydrogen) atoms. The molecule has 2 atom stereocenters. The van der Waals surface area contributed by atoms with Gasteiger partial charge in [0.2, 0.25) is 0 Å². The van der Waals surface area contributed by atoms with E-state index in [0.29, 0.717) is 6.04 Å². The van der Waals surface area contributed by atoms with Gasteiger partial charge in [-0.2, -0.15) is 0 Å². The van der Waals surface area contributed by atoms with Gasteiger partial charge in [-0.3, -0.25) is 0 Å². The topological polar surface area (TPSA) is 18.5 Å². The number of likely N-dealkylation sites (tertiary alicyclic amines) is 1. The van der Waals surface area contributed by atoms with Crippen LogP contribution in [-0.2, 0) is 0 Å². The summed E-state index contributed by atoms with van der Waals surface area (Å²) in [5, 5.41) is 4.25. The lowest BCUT2D eigenvalue weighted by atomic mass is 10.0. The Labute approximate surface area is 134 Å². The maximum atomic E-state index is 6.31. The molecule has 2 rings (SSSR count). The second-order valence-corrected chi connectivity index (χ2v) is 6.60. The lowest BCUT2D eigenvalue weighted by molar-refractivity contribution is 0.214. The summed E-state index contributed by atoms with van der Waals surface area (Å²) in [5.74, 6) is 0. The van der Waals surface area contributed by atoms with Crippen LogP contribution in [0.3, 0.4) is 0 Å². The fourth-order valence-electron chi connectivity index (χ4n) is 3.22. The van der Waals surface area contributed by atoms with Crippen molar-refractivity contribution in [2.75, 3.05) is 40.8 Å². The van der Waals surface area contributed by atoms with Gasteiger partial charge < -0.3 is 15.1 Å². The molecule has 0 radical (unpaired) electrons. The van der Waals surface area contributed by atoms with E-state index in [1.54, 1.807) is 0 Å². The maximum absolute atomic E-state index is 6.31. The second-order valence-electron chi connectivity index (χ2n) is 6.19. The fourth-order valence-corrected chi connectivity index (χ4v) is 3.49. The first-order chi connectivity index (χ1) is 10.1. The zero-order chi connectivity index (χ0) is 15.2. The van der Waals surface area contributed by atoms with Crippen molar-refractivity contribution in [2.45, 2.75) is 31.3 Å². The molecule has 1 heterocycles. The molecular formula is C17H28ClN3. The smallest absolute Gasteiger partial charge is 0.0453 e. The van der Waals surface area contributed by atoms with Gasteiger partial charge in [-0.15, -0.1) is 0 Å². The highest BCUT2D eigenvalue weighted by Crippen LogP contribution is 2.25. The first kappa shape index (κ1) is 16.8. The maximum Gasteiger partial charge on any atom is 0.0453 e. The van der Waals surface area contributed by atoms with E-state index in [1.807, 2.05) is 19.2 Å². The van der Waals surface area contributed by atoms with Crippen molar-refractivity contribution in [1.82, 2.24) is 15.1 Å². The average molecular weight is 310 g/mol. The Morgan fingerprint density at radius 1 is 1.43 bits per heavy atom. The molecule has 0 aliphatic carbocycles. The number of nitrogens with one attached hydrogen (secondary N) is 1. The van der Waals surface area contributed by atoms with Crippen LogP contribution in [0.15, 0.2) is 24.3 Å². The average Bonchev–Trinajstić information content (AvgIpc) is 2.86. The van der Waals surface area contributed by atoms with Crippen molar-refractivity contribution in [3.8, 4) is 0 Å². The van der Waals surface area contributed by atoms with E-state index in [2.05, 4.69) is 41.3 Å². The van der Waals surface area contributed by atoms with Crippen molar-refractivity contribution in [3.63, 3.8) is 0 Å². The van der Waals surface area contributed by atoms with E-state index in [1.165, 1.54) is 24.9 Å². The number of hydrogen-bond donors (Lipinski definition) is 1. The Bertz CT molecular complexity index is 438. The molecule has 2 unspecified atom stereocenters. The summed E-state index contributed by atoms with van der Waals surface area (Å²) in [6.07, 6.45) is 3.75. The first-order valence-electron chi connectivity index (χ1n) is 7.92. The van der Waals surface area contributed by atoms with Gasteiger partial charge in [-0.25, -0.2) is 0 Å². The molecule has 118 valence electrons. The highest BCUT2D eigenvalue weighted by Gasteiger charge is 2.22. The van der Waals surface area contributed by atoms with E-state index in [4.69, 9.17) is 11.6 Å². The van der Waals surface area contributed by atoms with Gasteiger partial charge in [0.15, 0.2) is 0 Å². The minimum atomic E-state index is 0.322. The predicted octanol–water partition coefficient (Wildman–Crippen LogP) is 3.02. The van der Waals surface area contributed by atoms with Crippen LogP contribution in [0.1, 0.15) is 30.9 Å². The largest absolute Gasteiger partial charge is 0.313 e. The minimum Gasteiger partial charge on any atom is -0.313 e. The molecule has 1 fully saturated rings. The molecule has 4 heteroatoms. The van der Waals surface area contributed by atoms with Crippen LogP contribution in [0, 0.1) is 0 Å². The van der Waals surface area contributed by atoms with Crippen molar-refractivity contribution >= 4 is 11.6 Å². The Morgan fingerprint density at radius 3 is 2.81 bits per heavy atom. The molecule has 1 aromatic carbocycles. The molecule has 1 aromatic rings. The molecule has 1 saturated heterocycles. The van der Waals surface area contributed by atoms with E-state index in [-0.39, 0.29) is 0 Å². The van der Waals surface area contributed by atoms with Gasteiger partial charge in [0.05, 0.1) is 0 Å². The minimum absolute atomic E-state index is 0.322. The number of hydrogen-bond acceptors (Lipinski definition) is 3. The Morgan fingerprint density at radius 2 is 2.19 bits per heavy atom. The van der Waals surface area contributed by atoms with Gasteiger partial charge in [0.1, 0.15) is 0 Å². The number of halogens is 1. The summed E-state index contributed by atoms with van der Waals surface area (Å²) >= 11 is 6.31. The van der Waals surface area contributed by atoms with Crippen molar-refractivity contribution in [3.05, 3.63) is 34.9 Å². The van der Waals surface area contributed by atoms with E-state index in [0.717, 1.165) is 30.6 Å². The van der Waals surface area contributed by atoms with E-state index >= 15 is 0 Å². The quantitative estimate of drug-likeness (QED) is 0.835. The summed E-state index contributed by atoms with van der Waals surface area (Å²) in [7, 11) is 6.48. The van der Waals surface area contributed by atoms with Crippen LogP contribution in [0.25, 0.3) is 0 Å². The predicted molar refractivity (Wildman–Crippen MR) is 91.0 cm³/mol. The molecule has 0 bridgehead atoms. The fraction of sp³-hybridized carbons (Fsp3) is 0.647. The molecule has 0 aromatic heterocycles. The van der Waals surface area contributed by atoms with Crippen LogP contribution in [0.5, 0.6) is 0 Å². The summed E-state index contributed by atoms with van der Waals surface area (Å²) in [6.45, 7) is 3.49. The molecule has 0 saturated carbocycles. The molecule has 1 aliphatic rings. The van der Waals surface area contributed by atoms with Gasteiger partial charge in [0, 0.05) is 23.7 Å². The zero-order valence-corrected chi connectivity index (χ0v) is 14.2. The summed E-state index contributed by atoms with van der Waals surface area (Å²) in [4.78, 5) is 4.94. The Kier molecular flexibility index (Phi) is 6.49. The van der Waals surface area contributed by atoms with Crippen LogP contribution < -0.4 is 5.32 Å². The lowest BCUT2D eigenvalue weighted by Crippen LogP contribution is -2.37. The third kappa shape index (κ3) is 4.68. The zero-order valence-electron chi connectivity index (χ0n) is 13.5. The monoisotopic (exact) mass is 309 g/mol. The number of likely N-dealkylation sites (N-methyl/N-ethyl adjacent to an activating group) is 2.